The molecule has 1 N–H and O–H groups in total. The number of β-amino-alcohol motifs (C(OH)–C–C–N with tert-alkyl or cyclic N) is 1. The van der Waals surface area contributed by atoms with Gasteiger partial charge in [0.2, 0.25) is 0 Å². The van der Waals surface area contributed by atoms with Crippen LogP contribution >= 0.6 is 0 Å². The van der Waals surface area contributed by atoms with Gasteiger partial charge < -0.3 is 14.7 Å². The topological polar surface area (TPSA) is 49.8 Å². The van der Waals surface area contributed by atoms with E-state index < -0.39 is 6.10 Å². The number of rotatable bonds is 3. The van der Waals surface area contributed by atoms with E-state index in [1.54, 1.807) is 17.0 Å². The van der Waals surface area contributed by atoms with Crippen molar-refractivity contribution in [3.05, 3.63) is 47.0 Å². The fourth-order valence-electron chi connectivity index (χ4n) is 3.43. The van der Waals surface area contributed by atoms with Crippen molar-refractivity contribution in [3.63, 3.8) is 0 Å². The highest BCUT2D eigenvalue weighted by Gasteiger charge is 2.37. The summed E-state index contributed by atoms with van der Waals surface area (Å²) < 4.78 is 18.8. The van der Waals surface area contributed by atoms with Gasteiger partial charge in [-0.15, -0.1) is 0 Å². The second kappa shape index (κ2) is 6.71. The number of halogens is 1. The van der Waals surface area contributed by atoms with Crippen LogP contribution in [0.4, 0.5) is 4.39 Å². The van der Waals surface area contributed by atoms with Crippen LogP contribution in [0.25, 0.3) is 0 Å². The van der Waals surface area contributed by atoms with E-state index >= 15 is 0 Å². The van der Waals surface area contributed by atoms with E-state index in [9.17, 15) is 14.3 Å². The van der Waals surface area contributed by atoms with Crippen molar-refractivity contribution in [2.24, 2.45) is 0 Å². The van der Waals surface area contributed by atoms with Crippen LogP contribution in [0.15, 0.2) is 35.6 Å². The summed E-state index contributed by atoms with van der Waals surface area (Å²) in [6.45, 7) is 2.94. The van der Waals surface area contributed by atoms with Gasteiger partial charge in [0.25, 0.3) is 5.91 Å². The number of hydrogen-bond acceptors (Lipinski definition) is 3. The molecule has 1 saturated heterocycles. The minimum atomic E-state index is -0.552. The Bertz CT molecular complexity index is 611. The number of aliphatic hydroxyl groups excluding tert-OH is 1. The Morgan fingerprint density at radius 3 is 2.83 bits per heavy atom. The summed E-state index contributed by atoms with van der Waals surface area (Å²) in [6.07, 6.45) is 2.17. The lowest BCUT2D eigenvalue weighted by Crippen LogP contribution is -2.34. The first kappa shape index (κ1) is 16.0. The number of carbonyl (C=O) groups is 1. The quantitative estimate of drug-likeness (QED) is 0.932. The lowest BCUT2D eigenvalue weighted by molar-refractivity contribution is -0.129. The van der Waals surface area contributed by atoms with Crippen molar-refractivity contribution < 1.29 is 19.0 Å². The van der Waals surface area contributed by atoms with E-state index in [4.69, 9.17) is 4.74 Å². The maximum absolute atomic E-state index is 13.1. The van der Waals surface area contributed by atoms with Crippen molar-refractivity contribution in [1.82, 2.24) is 4.90 Å². The summed E-state index contributed by atoms with van der Waals surface area (Å²) in [6, 6.07) is 5.94. The number of likely N-dealkylation sites (tertiary alicyclic amines) is 1. The van der Waals surface area contributed by atoms with Gasteiger partial charge in [0.1, 0.15) is 11.6 Å². The third-order valence-corrected chi connectivity index (χ3v) is 4.56. The van der Waals surface area contributed by atoms with Gasteiger partial charge in [0.15, 0.2) is 0 Å². The van der Waals surface area contributed by atoms with Gasteiger partial charge >= 0.3 is 0 Å². The molecule has 5 heteroatoms. The molecule has 1 aromatic carbocycles. The molecule has 4 nitrogen and oxygen atoms in total. The molecule has 23 heavy (non-hydrogen) atoms. The molecule has 0 bridgehead atoms. The zero-order valence-electron chi connectivity index (χ0n) is 13.3. The second-order valence-electron chi connectivity index (χ2n) is 6.12. The Hall–Kier alpha value is -1.88. The van der Waals surface area contributed by atoms with E-state index in [1.807, 2.05) is 6.92 Å². The third kappa shape index (κ3) is 3.24. The van der Waals surface area contributed by atoms with Crippen molar-refractivity contribution in [2.45, 2.75) is 44.8 Å². The van der Waals surface area contributed by atoms with Gasteiger partial charge in [-0.1, -0.05) is 19.1 Å². The number of hydrogen-bond donors (Lipinski definition) is 1. The predicted molar refractivity (Wildman–Crippen MR) is 84.0 cm³/mol. The predicted octanol–water partition coefficient (Wildman–Crippen LogP) is 2.93. The van der Waals surface area contributed by atoms with E-state index in [0.29, 0.717) is 32.4 Å². The first-order valence-electron chi connectivity index (χ1n) is 8.19. The van der Waals surface area contributed by atoms with E-state index in [2.05, 4.69) is 0 Å². The zero-order valence-corrected chi connectivity index (χ0v) is 13.3. The standard InChI is InChI=1S/C18H22FNO3/c1-2-17-15(4-3-9-23-17)18(22)20-11-14(21)10-16(20)12-5-7-13(19)8-6-12/h5-8,14,16,21H,2-4,9-11H2,1H3/t14-,16-/m0/s1. The number of ether oxygens (including phenoxy) is 1. The molecule has 0 aromatic heterocycles. The molecule has 0 unspecified atom stereocenters. The Morgan fingerprint density at radius 2 is 2.13 bits per heavy atom. The third-order valence-electron chi connectivity index (χ3n) is 4.56. The van der Waals surface area contributed by atoms with Crippen LogP contribution in [0, 0.1) is 5.82 Å². The summed E-state index contributed by atoms with van der Waals surface area (Å²) in [4.78, 5) is 14.7. The fraction of sp³-hybridized carbons (Fsp3) is 0.500. The Kier molecular flexibility index (Phi) is 4.66. The molecule has 0 radical (unpaired) electrons. The summed E-state index contributed by atoms with van der Waals surface area (Å²) in [5, 5.41) is 10.0. The Morgan fingerprint density at radius 1 is 1.39 bits per heavy atom. The summed E-state index contributed by atoms with van der Waals surface area (Å²) in [5.41, 5.74) is 1.58. The molecule has 1 aromatic rings. The van der Waals surface area contributed by atoms with Crippen LogP contribution < -0.4 is 0 Å². The normalized spacial score (nSPS) is 24.7. The fourth-order valence-corrected chi connectivity index (χ4v) is 3.43. The minimum absolute atomic E-state index is 0.0626. The second-order valence-corrected chi connectivity index (χ2v) is 6.12. The lowest BCUT2D eigenvalue weighted by Gasteiger charge is -2.28. The molecule has 0 aliphatic carbocycles. The van der Waals surface area contributed by atoms with Crippen molar-refractivity contribution in [2.75, 3.05) is 13.2 Å². The summed E-state index contributed by atoms with van der Waals surface area (Å²) in [5.74, 6) is 0.398. The number of nitrogens with zero attached hydrogens (tertiary/aromatic N) is 1. The zero-order chi connectivity index (χ0) is 16.4. The molecule has 2 heterocycles. The highest BCUT2D eigenvalue weighted by molar-refractivity contribution is 5.94. The van der Waals surface area contributed by atoms with Crippen LogP contribution in [-0.4, -0.2) is 35.2 Å². The van der Waals surface area contributed by atoms with Crippen LogP contribution in [0.2, 0.25) is 0 Å². The van der Waals surface area contributed by atoms with E-state index in [-0.39, 0.29) is 17.8 Å². The lowest BCUT2D eigenvalue weighted by atomic mass is 10.0. The van der Waals surface area contributed by atoms with E-state index in [1.165, 1.54) is 12.1 Å². The van der Waals surface area contributed by atoms with Crippen molar-refractivity contribution in [1.29, 1.82) is 0 Å². The van der Waals surface area contributed by atoms with Crippen molar-refractivity contribution >= 4 is 5.91 Å². The number of allylic oxidation sites excluding steroid dienone is 1. The molecule has 0 saturated carbocycles. The largest absolute Gasteiger partial charge is 0.497 e. The molecule has 2 atom stereocenters. The van der Waals surface area contributed by atoms with Crippen LogP contribution in [0.3, 0.4) is 0 Å². The molecule has 2 aliphatic rings. The highest BCUT2D eigenvalue weighted by atomic mass is 19.1. The Balaban J connectivity index is 1.88. The van der Waals surface area contributed by atoms with Gasteiger partial charge in [-0.25, -0.2) is 4.39 Å². The average Bonchev–Trinajstić information content (AvgIpc) is 2.96. The van der Waals surface area contributed by atoms with Crippen LogP contribution in [-0.2, 0) is 9.53 Å². The van der Waals surface area contributed by atoms with Gasteiger partial charge in [0, 0.05) is 13.0 Å². The van der Waals surface area contributed by atoms with E-state index in [0.717, 1.165) is 23.3 Å². The monoisotopic (exact) mass is 319 g/mol. The SMILES string of the molecule is CCC1=C(C(=O)N2C[C@@H](O)C[C@H]2c2ccc(F)cc2)CCCO1. The first-order chi connectivity index (χ1) is 11.1. The molecule has 2 aliphatic heterocycles. The molecule has 124 valence electrons. The summed E-state index contributed by atoms with van der Waals surface area (Å²) >= 11 is 0. The molecule has 1 amide bonds. The number of amides is 1. The van der Waals surface area contributed by atoms with Gasteiger partial charge in [0.05, 0.1) is 24.3 Å². The van der Waals surface area contributed by atoms with Gasteiger partial charge in [-0.2, -0.15) is 0 Å². The molecule has 3 rings (SSSR count). The number of carbonyl (C=O) groups excluding carboxylic acids is 1. The maximum Gasteiger partial charge on any atom is 0.253 e. The summed E-state index contributed by atoms with van der Waals surface area (Å²) in [7, 11) is 0. The molecular formula is C18H22FNO3. The van der Waals surface area contributed by atoms with Crippen LogP contribution in [0.1, 0.15) is 44.2 Å². The van der Waals surface area contributed by atoms with Gasteiger partial charge in [-0.3, -0.25) is 4.79 Å². The number of benzene rings is 1. The molecular weight excluding hydrogens is 297 g/mol. The van der Waals surface area contributed by atoms with Crippen molar-refractivity contribution in [3.8, 4) is 0 Å². The average molecular weight is 319 g/mol. The number of aliphatic hydroxyl groups is 1. The smallest absolute Gasteiger partial charge is 0.253 e. The molecule has 0 spiro atoms. The minimum Gasteiger partial charge on any atom is -0.497 e. The van der Waals surface area contributed by atoms with Gasteiger partial charge in [-0.05, 0) is 37.0 Å². The first-order valence-corrected chi connectivity index (χ1v) is 8.19. The maximum atomic E-state index is 13.1. The molecule has 1 fully saturated rings. The van der Waals surface area contributed by atoms with Crippen LogP contribution in [0.5, 0.6) is 0 Å². The highest BCUT2D eigenvalue weighted by Crippen LogP contribution is 2.35. The Labute approximate surface area is 135 Å².